The van der Waals surface area contributed by atoms with Crippen molar-refractivity contribution in [2.75, 3.05) is 19.6 Å². The third kappa shape index (κ3) is 2.05. The largest absolute Gasteiger partial charge is 0.309 e. The second-order valence-electron chi connectivity index (χ2n) is 5.28. The summed E-state index contributed by atoms with van der Waals surface area (Å²) in [7, 11) is 0. The monoisotopic (exact) mass is 222 g/mol. The van der Waals surface area contributed by atoms with Crippen LogP contribution in [0.4, 0.5) is 0 Å². The smallest absolute Gasteiger partial charge is 0.0434 e. The van der Waals surface area contributed by atoms with Gasteiger partial charge in [-0.1, -0.05) is 25.8 Å². The Labute approximate surface area is 100 Å². The van der Waals surface area contributed by atoms with E-state index in [2.05, 4.69) is 29.8 Å². The zero-order valence-electron chi connectivity index (χ0n) is 10.7. The summed E-state index contributed by atoms with van der Waals surface area (Å²) in [6.45, 7) is 9.90. The van der Waals surface area contributed by atoms with Gasteiger partial charge in [-0.05, 0) is 45.3 Å². The number of hydrogen-bond donors (Lipinski definition) is 1. The van der Waals surface area contributed by atoms with Crippen LogP contribution in [0.1, 0.15) is 45.4 Å². The third-order valence-electron chi connectivity index (χ3n) is 4.44. The van der Waals surface area contributed by atoms with Crippen molar-refractivity contribution >= 4 is 0 Å². The van der Waals surface area contributed by atoms with E-state index in [4.69, 9.17) is 0 Å². The van der Waals surface area contributed by atoms with E-state index < -0.39 is 0 Å². The minimum absolute atomic E-state index is 0.397. The molecule has 92 valence electrons. The molecule has 0 aromatic heterocycles. The van der Waals surface area contributed by atoms with Crippen LogP contribution in [0.25, 0.3) is 0 Å². The molecule has 1 atom stereocenters. The SMILES string of the molecule is C=CC(NCC)C1(N2CCCC2)CCCC1. The zero-order valence-corrected chi connectivity index (χ0v) is 10.7. The highest BCUT2D eigenvalue weighted by Gasteiger charge is 2.45. The minimum Gasteiger partial charge on any atom is -0.309 e. The van der Waals surface area contributed by atoms with Crippen LogP contribution in [-0.2, 0) is 0 Å². The average molecular weight is 222 g/mol. The van der Waals surface area contributed by atoms with Crippen LogP contribution in [0.2, 0.25) is 0 Å². The van der Waals surface area contributed by atoms with Gasteiger partial charge < -0.3 is 5.32 Å². The fourth-order valence-electron chi connectivity index (χ4n) is 3.69. The first-order valence-electron chi connectivity index (χ1n) is 6.94. The molecule has 1 unspecified atom stereocenters. The number of hydrogen-bond acceptors (Lipinski definition) is 2. The molecule has 0 aromatic carbocycles. The molecule has 1 heterocycles. The highest BCUT2D eigenvalue weighted by atomic mass is 15.2. The minimum atomic E-state index is 0.397. The number of nitrogens with one attached hydrogen (secondary N) is 1. The van der Waals surface area contributed by atoms with Crippen LogP contribution in [0.5, 0.6) is 0 Å². The maximum atomic E-state index is 4.05. The molecule has 0 aromatic rings. The third-order valence-corrected chi connectivity index (χ3v) is 4.44. The van der Waals surface area contributed by atoms with Gasteiger partial charge in [-0.2, -0.15) is 0 Å². The summed E-state index contributed by atoms with van der Waals surface area (Å²) < 4.78 is 0. The van der Waals surface area contributed by atoms with E-state index in [1.165, 1.54) is 51.6 Å². The van der Waals surface area contributed by atoms with Gasteiger partial charge in [-0.25, -0.2) is 0 Å². The number of rotatable bonds is 5. The number of likely N-dealkylation sites (tertiary alicyclic amines) is 1. The molecular weight excluding hydrogens is 196 g/mol. The Bertz CT molecular complexity index is 225. The highest BCUT2D eigenvalue weighted by molar-refractivity contribution is 5.10. The number of likely N-dealkylation sites (N-methyl/N-ethyl adjacent to an activating group) is 1. The molecule has 2 nitrogen and oxygen atoms in total. The first-order valence-corrected chi connectivity index (χ1v) is 6.94. The lowest BCUT2D eigenvalue weighted by Crippen LogP contribution is -2.58. The predicted octanol–water partition coefficient (Wildman–Crippen LogP) is 2.56. The quantitative estimate of drug-likeness (QED) is 0.719. The molecule has 0 bridgehead atoms. The molecule has 0 radical (unpaired) electrons. The molecule has 2 heteroatoms. The average Bonchev–Trinajstić information content (AvgIpc) is 2.95. The van der Waals surface area contributed by atoms with Crippen LogP contribution in [-0.4, -0.2) is 36.1 Å². The normalized spacial score (nSPS) is 27.1. The summed E-state index contributed by atoms with van der Waals surface area (Å²) in [4.78, 5) is 2.75. The molecule has 1 saturated heterocycles. The van der Waals surface area contributed by atoms with Crippen molar-refractivity contribution in [3.63, 3.8) is 0 Å². The van der Waals surface area contributed by atoms with Gasteiger partial charge in [0.05, 0.1) is 0 Å². The molecule has 1 aliphatic carbocycles. The van der Waals surface area contributed by atoms with Crippen molar-refractivity contribution in [3.8, 4) is 0 Å². The summed E-state index contributed by atoms with van der Waals surface area (Å²) in [5.41, 5.74) is 0.397. The van der Waals surface area contributed by atoms with E-state index >= 15 is 0 Å². The van der Waals surface area contributed by atoms with E-state index in [0.29, 0.717) is 11.6 Å². The maximum absolute atomic E-state index is 4.05. The Morgan fingerprint density at radius 3 is 2.38 bits per heavy atom. The van der Waals surface area contributed by atoms with Gasteiger partial charge in [0.25, 0.3) is 0 Å². The molecule has 1 aliphatic heterocycles. The Kier molecular flexibility index (Phi) is 4.04. The van der Waals surface area contributed by atoms with Gasteiger partial charge in [-0.15, -0.1) is 6.58 Å². The molecule has 1 saturated carbocycles. The zero-order chi connectivity index (χ0) is 11.4. The van der Waals surface area contributed by atoms with Crippen molar-refractivity contribution < 1.29 is 0 Å². The lowest BCUT2D eigenvalue weighted by atomic mass is 9.86. The fourth-order valence-corrected chi connectivity index (χ4v) is 3.69. The van der Waals surface area contributed by atoms with Crippen LogP contribution >= 0.6 is 0 Å². The van der Waals surface area contributed by atoms with Crippen LogP contribution in [0.3, 0.4) is 0 Å². The predicted molar refractivity (Wildman–Crippen MR) is 69.7 cm³/mol. The lowest BCUT2D eigenvalue weighted by Gasteiger charge is -2.44. The van der Waals surface area contributed by atoms with Gasteiger partial charge in [0.1, 0.15) is 0 Å². The van der Waals surface area contributed by atoms with E-state index in [0.717, 1.165) is 6.54 Å². The topological polar surface area (TPSA) is 15.3 Å². The molecule has 2 aliphatic rings. The van der Waals surface area contributed by atoms with Crippen molar-refractivity contribution in [2.24, 2.45) is 0 Å². The Balaban J connectivity index is 2.15. The molecule has 2 rings (SSSR count). The second kappa shape index (κ2) is 5.33. The molecule has 1 N–H and O–H groups in total. The van der Waals surface area contributed by atoms with E-state index in [1.54, 1.807) is 0 Å². The van der Waals surface area contributed by atoms with Crippen molar-refractivity contribution in [3.05, 3.63) is 12.7 Å². The summed E-state index contributed by atoms with van der Waals surface area (Å²) >= 11 is 0. The lowest BCUT2D eigenvalue weighted by molar-refractivity contribution is 0.0949. The highest BCUT2D eigenvalue weighted by Crippen LogP contribution is 2.40. The second-order valence-corrected chi connectivity index (χ2v) is 5.28. The maximum Gasteiger partial charge on any atom is 0.0434 e. The van der Waals surface area contributed by atoms with Crippen molar-refractivity contribution in [1.82, 2.24) is 10.2 Å². The van der Waals surface area contributed by atoms with Crippen LogP contribution in [0, 0.1) is 0 Å². The van der Waals surface area contributed by atoms with E-state index in [-0.39, 0.29) is 0 Å². The summed E-state index contributed by atoms with van der Waals surface area (Å²) in [6.07, 6.45) is 10.4. The fraction of sp³-hybridized carbons (Fsp3) is 0.857. The van der Waals surface area contributed by atoms with E-state index in [1.807, 2.05) is 0 Å². The van der Waals surface area contributed by atoms with Gasteiger partial charge in [0.2, 0.25) is 0 Å². The van der Waals surface area contributed by atoms with Crippen LogP contribution in [0.15, 0.2) is 12.7 Å². The van der Waals surface area contributed by atoms with Gasteiger partial charge in [-0.3, -0.25) is 4.90 Å². The molecular formula is C14H26N2. The Hall–Kier alpha value is -0.340. The van der Waals surface area contributed by atoms with Gasteiger partial charge in [0, 0.05) is 11.6 Å². The summed E-state index contributed by atoms with van der Waals surface area (Å²) in [5.74, 6) is 0. The van der Waals surface area contributed by atoms with Crippen molar-refractivity contribution in [2.45, 2.75) is 57.0 Å². The van der Waals surface area contributed by atoms with Crippen molar-refractivity contribution in [1.29, 1.82) is 0 Å². The summed E-state index contributed by atoms with van der Waals surface area (Å²) in [5, 5.41) is 3.63. The standard InChI is InChI=1S/C14H26N2/c1-3-13(15-4-2)14(9-5-6-10-14)16-11-7-8-12-16/h3,13,15H,1,4-12H2,2H3. The van der Waals surface area contributed by atoms with Gasteiger partial charge in [0.15, 0.2) is 0 Å². The number of nitrogens with zero attached hydrogens (tertiary/aromatic N) is 1. The molecule has 0 spiro atoms. The van der Waals surface area contributed by atoms with Gasteiger partial charge >= 0.3 is 0 Å². The first kappa shape index (κ1) is 12.1. The molecule has 2 fully saturated rings. The molecule has 16 heavy (non-hydrogen) atoms. The van der Waals surface area contributed by atoms with Crippen LogP contribution < -0.4 is 5.32 Å². The Morgan fingerprint density at radius 2 is 1.88 bits per heavy atom. The van der Waals surface area contributed by atoms with E-state index in [9.17, 15) is 0 Å². The Morgan fingerprint density at radius 1 is 1.25 bits per heavy atom. The summed E-state index contributed by atoms with van der Waals surface area (Å²) in [6, 6.07) is 0.484. The molecule has 0 amide bonds. The first-order chi connectivity index (χ1) is 7.83.